The molecule has 2 aromatic heterocycles. The molecule has 24 heavy (non-hydrogen) atoms. The second-order valence-corrected chi connectivity index (χ2v) is 8.90. The van der Waals surface area contributed by atoms with Crippen LogP contribution >= 0.6 is 11.3 Å². The van der Waals surface area contributed by atoms with E-state index in [0.717, 1.165) is 34.2 Å². The maximum Gasteiger partial charge on any atom is 0.234 e. The fourth-order valence-corrected chi connectivity index (χ4v) is 4.76. The summed E-state index contributed by atoms with van der Waals surface area (Å²) in [6, 6.07) is 10.00. The normalized spacial score (nSPS) is 17.5. The number of hydrogen-bond acceptors (Lipinski definition) is 6. The minimum atomic E-state index is -3.12. The van der Waals surface area contributed by atoms with Gasteiger partial charge >= 0.3 is 0 Å². The van der Waals surface area contributed by atoms with Crippen molar-refractivity contribution in [3.63, 3.8) is 0 Å². The fraction of sp³-hybridized carbons (Fsp3) is 0.400. The summed E-state index contributed by atoms with van der Waals surface area (Å²) in [5.74, 6) is 1.01. The highest BCUT2D eigenvalue weighted by Crippen LogP contribution is 2.31. The van der Waals surface area contributed by atoms with Crippen molar-refractivity contribution in [1.29, 1.82) is 0 Å². The molecule has 0 unspecified atom stereocenters. The van der Waals surface area contributed by atoms with Crippen LogP contribution in [0.1, 0.15) is 24.6 Å². The summed E-state index contributed by atoms with van der Waals surface area (Å²) < 4.78 is 26.6. The molecular weight excluding hydrogens is 346 g/mol. The van der Waals surface area contributed by atoms with E-state index in [9.17, 15) is 8.42 Å². The van der Waals surface area contributed by atoms with Gasteiger partial charge in [0.05, 0.1) is 6.26 Å². The number of nitrogens with zero attached hydrogens (tertiary/aromatic N) is 5. The van der Waals surface area contributed by atoms with Crippen LogP contribution in [0.2, 0.25) is 0 Å². The van der Waals surface area contributed by atoms with Gasteiger partial charge in [0.15, 0.2) is 5.82 Å². The zero-order valence-corrected chi connectivity index (χ0v) is 14.8. The minimum absolute atomic E-state index is 0.184. The average Bonchev–Trinajstić information content (AvgIpc) is 3.15. The van der Waals surface area contributed by atoms with Crippen LogP contribution in [-0.4, -0.2) is 51.9 Å². The van der Waals surface area contributed by atoms with E-state index in [-0.39, 0.29) is 5.92 Å². The van der Waals surface area contributed by atoms with E-state index in [0.29, 0.717) is 13.1 Å². The van der Waals surface area contributed by atoms with Crippen molar-refractivity contribution in [2.24, 2.45) is 0 Å². The van der Waals surface area contributed by atoms with Crippen LogP contribution in [0.4, 0.5) is 0 Å². The highest BCUT2D eigenvalue weighted by Gasteiger charge is 2.29. The lowest BCUT2D eigenvalue weighted by Crippen LogP contribution is -2.37. The molecule has 9 heteroatoms. The first-order valence-electron chi connectivity index (χ1n) is 7.75. The predicted octanol–water partition coefficient (Wildman–Crippen LogP) is 1.99. The third kappa shape index (κ3) is 2.83. The van der Waals surface area contributed by atoms with Gasteiger partial charge in [-0.15, -0.1) is 10.2 Å². The minimum Gasteiger partial charge on any atom is -0.213 e. The molecule has 0 amide bonds. The zero-order valence-electron chi connectivity index (χ0n) is 13.2. The summed E-state index contributed by atoms with van der Waals surface area (Å²) in [7, 11) is -3.12. The first-order valence-corrected chi connectivity index (χ1v) is 10.4. The van der Waals surface area contributed by atoms with Gasteiger partial charge < -0.3 is 0 Å². The Labute approximate surface area is 144 Å². The molecule has 0 N–H and O–H groups in total. The Bertz CT molecular complexity index is 956. The maximum absolute atomic E-state index is 11.6. The van der Waals surface area contributed by atoms with Gasteiger partial charge in [0.2, 0.25) is 15.0 Å². The van der Waals surface area contributed by atoms with Gasteiger partial charge in [-0.3, -0.25) is 0 Å². The second-order valence-electron chi connectivity index (χ2n) is 5.96. The Morgan fingerprint density at radius 3 is 2.50 bits per heavy atom. The Morgan fingerprint density at radius 2 is 1.83 bits per heavy atom. The SMILES string of the molecule is CS(=O)(=O)N1CCC(c2nnc3sc(-c4ccccc4)nn23)CC1. The van der Waals surface area contributed by atoms with Crippen LogP contribution in [0.25, 0.3) is 15.5 Å². The number of piperidine rings is 1. The summed E-state index contributed by atoms with van der Waals surface area (Å²) in [5, 5.41) is 14.1. The van der Waals surface area contributed by atoms with Crippen molar-refractivity contribution in [3.05, 3.63) is 36.2 Å². The van der Waals surface area contributed by atoms with E-state index in [4.69, 9.17) is 0 Å². The molecule has 0 aliphatic carbocycles. The Hall–Kier alpha value is -1.84. The molecule has 0 atom stereocenters. The Balaban J connectivity index is 1.61. The second kappa shape index (κ2) is 5.91. The van der Waals surface area contributed by atoms with Gasteiger partial charge in [0, 0.05) is 24.6 Å². The largest absolute Gasteiger partial charge is 0.234 e. The lowest BCUT2D eigenvalue weighted by molar-refractivity contribution is 0.313. The molecule has 4 rings (SSSR count). The standard InChI is InChI=1S/C15H17N5O2S2/c1-24(21,22)19-9-7-11(8-10-19)13-16-17-15-20(13)18-14(23-15)12-5-3-2-4-6-12/h2-6,11H,7-10H2,1H3. The summed E-state index contributed by atoms with van der Waals surface area (Å²) in [5.41, 5.74) is 1.06. The summed E-state index contributed by atoms with van der Waals surface area (Å²) in [6.45, 7) is 1.04. The first kappa shape index (κ1) is 15.7. The van der Waals surface area contributed by atoms with E-state index in [1.165, 1.54) is 21.9 Å². The fourth-order valence-electron chi connectivity index (χ4n) is 3.03. The van der Waals surface area contributed by atoms with E-state index < -0.39 is 10.0 Å². The van der Waals surface area contributed by atoms with E-state index >= 15 is 0 Å². The van der Waals surface area contributed by atoms with Crippen molar-refractivity contribution in [1.82, 2.24) is 24.1 Å². The molecule has 0 spiro atoms. The van der Waals surface area contributed by atoms with Gasteiger partial charge in [0.25, 0.3) is 0 Å². The smallest absolute Gasteiger partial charge is 0.213 e. The van der Waals surface area contributed by atoms with Gasteiger partial charge in [-0.2, -0.15) is 9.61 Å². The van der Waals surface area contributed by atoms with E-state index in [1.54, 1.807) is 0 Å². The predicted molar refractivity (Wildman–Crippen MR) is 92.5 cm³/mol. The molecule has 1 aromatic carbocycles. The molecule has 0 saturated carbocycles. The number of hydrogen-bond donors (Lipinski definition) is 0. The van der Waals surface area contributed by atoms with E-state index in [2.05, 4.69) is 15.3 Å². The van der Waals surface area contributed by atoms with Crippen LogP contribution in [0.3, 0.4) is 0 Å². The highest BCUT2D eigenvalue weighted by molar-refractivity contribution is 7.88. The molecular formula is C15H17N5O2S2. The quantitative estimate of drug-likeness (QED) is 0.711. The lowest BCUT2D eigenvalue weighted by Gasteiger charge is -2.28. The van der Waals surface area contributed by atoms with Crippen molar-refractivity contribution in [2.75, 3.05) is 19.3 Å². The average molecular weight is 363 g/mol. The number of rotatable bonds is 3. The van der Waals surface area contributed by atoms with Crippen LogP contribution in [0.5, 0.6) is 0 Å². The molecule has 7 nitrogen and oxygen atoms in total. The maximum atomic E-state index is 11.6. The van der Waals surface area contributed by atoms with Crippen molar-refractivity contribution in [2.45, 2.75) is 18.8 Å². The summed E-state index contributed by atoms with van der Waals surface area (Å²) in [4.78, 5) is 0.773. The molecule has 0 bridgehead atoms. The monoisotopic (exact) mass is 363 g/mol. The Morgan fingerprint density at radius 1 is 1.12 bits per heavy atom. The zero-order chi connectivity index (χ0) is 16.7. The molecule has 0 radical (unpaired) electrons. The third-order valence-corrected chi connectivity index (χ3v) is 6.57. The molecule has 126 valence electrons. The lowest BCUT2D eigenvalue weighted by atomic mass is 9.97. The topological polar surface area (TPSA) is 80.5 Å². The molecule has 1 aliphatic heterocycles. The number of benzene rings is 1. The van der Waals surface area contributed by atoms with Crippen LogP contribution in [-0.2, 0) is 10.0 Å². The molecule has 1 aliphatic rings. The molecule has 3 aromatic rings. The number of fused-ring (bicyclic) bond motifs is 1. The molecule has 1 fully saturated rings. The van der Waals surface area contributed by atoms with Gasteiger partial charge in [0.1, 0.15) is 5.01 Å². The molecule has 3 heterocycles. The van der Waals surface area contributed by atoms with Gasteiger partial charge in [-0.05, 0) is 12.8 Å². The van der Waals surface area contributed by atoms with Crippen molar-refractivity contribution >= 4 is 26.3 Å². The number of aromatic nitrogens is 4. The number of sulfonamides is 1. The van der Waals surface area contributed by atoms with Crippen molar-refractivity contribution in [3.8, 4) is 10.6 Å². The third-order valence-electron chi connectivity index (χ3n) is 4.32. The van der Waals surface area contributed by atoms with E-state index in [1.807, 2.05) is 34.8 Å². The van der Waals surface area contributed by atoms with Crippen LogP contribution in [0, 0.1) is 0 Å². The van der Waals surface area contributed by atoms with Gasteiger partial charge in [-0.25, -0.2) is 12.7 Å². The summed E-state index contributed by atoms with van der Waals surface area (Å²) in [6.07, 6.45) is 2.74. The highest BCUT2D eigenvalue weighted by atomic mass is 32.2. The summed E-state index contributed by atoms with van der Waals surface area (Å²) >= 11 is 1.51. The van der Waals surface area contributed by atoms with Crippen LogP contribution in [0.15, 0.2) is 30.3 Å². The Kier molecular flexibility index (Phi) is 3.86. The first-order chi connectivity index (χ1) is 11.5. The molecule has 1 saturated heterocycles. The van der Waals surface area contributed by atoms with Crippen LogP contribution < -0.4 is 0 Å². The van der Waals surface area contributed by atoms with Crippen molar-refractivity contribution < 1.29 is 8.42 Å². The van der Waals surface area contributed by atoms with Gasteiger partial charge in [-0.1, -0.05) is 41.7 Å².